The zero-order valence-electron chi connectivity index (χ0n) is 20.8. The van der Waals surface area contributed by atoms with Crippen LogP contribution in [0.25, 0.3) is 0 Å². The van der Waals surface area contributed by atoms with Gasteiger partial charge in [0.2, 0.25) is 5.78 Å². The molecule has 3 rings (SSSR count). The molecule has 1 aromatic carbocycles. The highest BCUT2D eigenvalue weighted by molar-refractivity contribution is 6.09. The number of hydrogen-bond acceptors (Lipinski definition) is 3. The number of carbonyl (C=O) groups is 2. The van der Waals surface area contributed by atoms with Crippen molar-refractivity contribution in [2.45, 2.75) is 104 Å². The Morgan fingerprint density at radius 2 is 1.52 bits per heavy atom. The number of ether oxygens (including phenoxy) is 1. The van der Waals surface area contributed by atoms with Crippen LogP contribution in [-0.4, -0.2) is 22.9 Å². The zero-order valence-corrected chi connectivity index (χ0v) is 20.8. The summed E-state index contributed by atoms with van der Waals surface area (Å²) in [5, 5.41) is 0. The number of rotatable bonds is 14. The SMILES string of the molecule is CCCCCCCCCCCCOC(=O)C1CCn2c1cc(C)c2C(=O)c1ccc(C)cc1. The Morgan fingerprint density at radius 3 is 2.15 bits per heavy atom. The quantitative estimate of drug-likeness (QED) is 0.172. The number of ketones is 1. The van der Waals surface area contributed by atoms with Gasteiger partial charge in [0.15, 0.2) is 0 Å². The van der Waals surface area contributed by atoms with Gasteiger partial charge in [0.05, 0.1) is 18.2 Å². The Balaban J connectivity index is 1.43. The van der Waals surface area contributed by atoms with E-state index in [1.54, 1.807) is 0 Å². The van der Waals surface area contributed by atoms with Crippen molar-refractivity contribution in [3.63, 3.8) is 0 Å². The molecule has 0 aliphatic carbocycles. The predicted octanol–water partition coefficient (Wildman–Crippen LogP) is 7.29. The van der Waals surface area contributed by atoms with Gasteiger partial charge in [-0.1, -0.05) is 94.5 Å². The first-order valence-corrected chi connectivity index (χ1v) is 13.0. The van der Waals surface area contributed by atoms with Gasteiger partial charge >= 0.3 is 5.97 Å². The second kappa shape index (κ2) is 12.8. The van der Waals surface area contributed by atoms with E-state index in [0.29, 0.717) is 30.8 Å². The highest BCUT2D eigenvalue weighted by Gasteiger charge is 2.34. The number of benzene rings is 1. The number of aromatic nitrogens is 1. The molecule has 4 nitrogen and oxygen atoms in total. The summed E-state index contributed by atoms with van der Waals surface area (Å²) >= 11 is 0. The van der Waals surface area contributed by atoms with E-state index in [9.17, 15) is 9.59 Å². The van der Waals surface area contributed by atoms with Gasteiger partial charge in [-0.05, 0) is 38.3 Å². The molecule has 1 aliphatic heterocycles. The van der Waals surface area contributed by atoms with Crippen LogP contribution in [0.2, 0.25) is 0 Å². The number of unbranched alkanes of at least 4 members (excludes halogenated alkanes) is 9. The van der Waals surface area contributed by atoms with Gasteiger partial charge in [0, 0.05) is 17.8 Å². The molecule has 1 unspecified atom stereocenters. The summed E-state index contributed by atoms with van der Waals surface area (Å²) in [6.45, 7) is 7.41. The molecule has 180 valence electrons. The molecule has 1 aromatic heterocycles. The van der Waals surface area contributed by atoms with Crippen molar-refractivity contribution in [1.29, 1.82) is 0 Å². The number of esters is 1. The number of aryl methyl sites for hydroxylation is 2. The average Bonchev–Trinajstić information content (AvgIpc) is 3.35. The third kappa shape index (κ3) is 6.82. The fraction of sp³-hybridized carbons (Fsp3) is 0.586. The van der Waals surface area contributed by atoms with Crippen LogP contribution in [-0.2, 0) is 16.1 Å². The highest BCUT2D eigenvalue weighted by atomic mass is 16.5. The Kier molecular flexibility index (Phi) is 9.77. The van der Waals surface area contributed by atoms with Crippen LogP contribution in [0.4, 0.5) is 0 Å². The first-order chi connectivity index (χ1) is 16.0. The van der Waals surface area contributed by atoms with E-state index in [1.807, 2.05) is 48.7 Å². The molecular formula is C29H41NO3. The Bertz CT molecular complexity index is 910. The van der Waals surface area contributed by atoms with Crippen LogP contribution < -0.4 is 0 Å². The smallest absolute Gasteiger partial charge is 0.315 e. The predicted molar refractivity (Wildman–Crippen MR) is 134 cm³/mol. The van der Waals surface area contributed by atoms with E-state index >= 15 is 0 Å². The highest BCUT2D eigenvalue weighted by Crippen LogP contribution is 2.34. The van der Waals surface area contributed by atoms with Gasteiger partial charge in [-0.2, -0.15) is 0 Å². The van der Waals surface area contributed by atoms with Gasteiger partial charge in [0.25, 0.3) is 0 Å². The number of hydrogen-bond donors (Lipinski definition) is 0. The Labute approximate surface area is 199 Å². The van der Waals surface area contributed by atoms with Crippen LogP contribution in [0.5, 0.6) is 0 Å². The summed E-state index contributed by atoms with van der Waals surface area (Å²) in [4.78, 5) is 25.9. The molecule has 0 amide bonds. The maximum Gasteiger partial charge on any atom is 0.315 e. The van der Waals surface area contributed by atoms with Crippen molar-refractivity contribution in [3.05, 3.63) is 58.4 Å². The molecule has 0 spiro atoms. The lowest BCUT2D eigenvalue weighted by atomic mass is 10.0. The van der Waals surface area contributed by atoms with Crippen LogP contribution in [0.15, 0.2) is 30.3 Å². The molecule has 0 radical (unpaired) electrons. The van der Waals surface area contributed by atoms with Gasteiger partial charge in [0.1, 0.15) is 0 Å². The normalized spacial score (nSPS) is 14.9. The van der Waals surface area contributed by atoms with Crippen molar-refractivity contribution < 1.29 is 14.3 Å². The molecular weight excluding hydrogens is 410 g/mol. The minimum absolute atomic E-state index is 0.0260. The molecule has 1 aliphatic rings. The van der Waals surface area contributed by atoms with Crippen molar-refractivity contribution >= 4 is 11.8 Å². The lowest BCUT2D eigenvalue weighted by molar-refractivity contribution is -0.145. The average molecular weight is 452 g/mol. The lowest BCUT2D eigenvalue weighted by Crippen LogP contribution is -2.14. The van der Waals surface area contributed by atoms with E-state index in [4.69, 9.17) is 4.74 Å². The number of nitrogens with zero attached hydrogens (tertiary/aromatic N) is 1. The third-order valence-electron chi connectivity index (χ3n) is 6.87. The third-order valence-corrected chi connectivity index (χ3v) is 6.87. The van der Waals surface area contributed by atoms with Crippen molar-refractivity contribution in [2.75, 3.05) is 6.61 Å². The minimum Gasteiger partial charge on any atom is -0.465 e. The second-order valence-electron chi connectivity index (χ2n) is 9.64. The molecule has 0 bridgehead atoms. The summed E-state index contributed by atoms with van der Waals surface area (Å²) < 4.78 is 7.66. The standard InChI is InChI=1S/C29H41NO3/c1-4-5-6-7-8-9-10-11-12-13-20-33-29(32)25-18-19-30-26(25)21-23(3)27(30)28(31)24-16-14-22(2)15-17-24/h14-17,21,25H,4-13,18-20H2,1-3H3. The Hall–Kier alpha value is -2.36. The Morgan fingerprint density at radius 1 is 0.909 bits per heavy atom. The summed E-state index contributed by atoms with van der Waals surface area (Å²) in [7, 11) is 0. The first-order valence-electron chi connectivity index (χ1n) is 13.0. The molecule has 0 saturated heterocycles. The molecule has 0 fully saturated rings. The molecule has 1 atom stereocenters. The topological polar surface area (TPSA) is 48.3 Å². The maximum absolute atomic E-state index is 13.1. The van der Waals surface area contributed by atoms with Crippen LogP contribution in [0.3, 0.4) is 0 Å². The second-order valence-corrected chi connectivity index (χ2v) is 9.64. The molecule has 2 heterocycles. The molecule has 0 N–H and O–H groups in total. The van der Waals surface area contributed by atoms with Crippen LogP contribution in [0.1, 0.15) is 116 Å². The van der Waals surface area contributed by atoms with Crippen molar-refractivity contribution in [2.24, 2.45) is 0 Å². The van der Waals surface area contributed by atoms with Crippen molar-refractivity contribution in [1.82, 2.24) is 4.57 Å². The summed E-state index contributed by atoms with van der Waals surface area (Å²) in [5.41, 5.74) is 4.39. The lowest BCUT2D eigenvalue weighted by Gasteiger charge is -2.10. The van der Waals surface area contributed by atoms with Crippen LogP contribution in [0, 0.1) is 13.8 Å². The zero-order chi connectivity index (χ0) is 23.6. The van der Waals surface area contributed by atoms with Crippen LogP contribution >= 0.6 is 0 Å². The van der Waals surface area contributed by atoms with Gasteiger partial charge in [-0.3, -0.25) is 9.59 Å². The summed E-state index contributed by atoms with van der Waals surface area (Å²) in [6.07, 6.45) is 13.4. The monoisotopic (exact) mass is 451 g/mol. The molecule has 33 heavy (non-hydrogen) atoms. The number of fused-ring (bicyclic) bond motifs is 1. The van der Waals surface area contributed by atoms with E-state index < -0.39 is 0 Å². The largest absolute Gasteiger partial charge is 0.465 e. The van der Waals surface area contributed by atoms with E-state index in [-0.39, 0.29) is 17.7 Å². The van der Waals surface area contributed by atoms with E-state index in [2.05, 4.69) is 6.92 Å². The van der Waals surface area contributed by atoms with Gasteiger partial charge in [-0.25, -0.2) is 0 Å². The first kappa shape index (κ1) is 25.3. The fourth-order valence-electron chi connectivity index (χ4n) is 4.89. The van der Waals surface area contributed by atoms with Crippen molar-refractivity contribution in [3.8, 4) is 0 Å². The van der Waals surface area contributed by atoms with E-state index in [1.165, 1.54) is 51.4 Å². The summed E-state index contributed by atoms with van der Waals surface area (Å²) in [6, 6.07) is 9.68. The fourth-order valence-corrected chi connectivity index (χ4v) is 4.89. The molecule has 4 heteroatoms. The minimum atomic E-state index is -0.258. The maximum atomic E-state index is 13.1. The van der Waals surface area contributed by atoms with E-state index in [0.717, 1.165) is 29.7 Å². The van der Waals surface area contributed by atoms with Gasteiger partial charge < -0.3 is 9.30 Å². The molecule has 2 aromatic rings. The van der Waals surface area contributed by atoms with Gasteiger partial charge in [-0.15, -0.1) is 0 Å². The summed E-state index contributed by atoms with van der Waals surface area (Å²) in [5.74, 6) is -0.374. The number of carbonyl (C=O) groups excluding carboxylic acids is 2. The molecule has 0 saturated carbocycles.